The molecule has 0 unspecified atom stereocenters. The standard InChI is InChI=1S/C23H28F3N3O.C9H13NO.C2H6O.2C2H6/c24-23(25,26)20-10-6-16-29(20)22(30)19-9-4-8-18-17(11-12-27-21(18)19)7-5-15-28-13-2-1-3-14-28;1-6-4-9(5-7(2)11)10-8(6)3;1-3-2;2*1-2/h4,8-9,11-12,20H,1-3,5-7,10,13-16H2;4-5H2,1-3H3;1-2H3;2*1-2H3/t20-;;;;/m1..../s1. The van der Waals surface area contributed by atoms with Crippen molar-refractivity contribution in [2.45, 2.75) is 118 Å². The molecule has 0 radical (unpaired) electrons. The molecule has 0 bridgehead atoms. The molecule has 2 fully saturated rings. The van der Waals surface area contributed by atoms with Crippen LogP contribution in [0.1, 0.15) is 116 Å². The maximum absolute atomic E-state index is 13.3. The number of benzene rings is 1. The zero-order valence-electron chi connectivity index (χ0n) is 30.8. The maximum atomic E-state index is 13.3. The van der Waals surface area contributed by atoms with Crippen LogP contribution < -0.4 is 0 Å². The summed E-state index contributed by atoms with van der Waals surface area (Å²) >= 11 is 0. The third-order valence-corrected chi connectivity index (χ3v) is 8.22. The molecule has 2 saturated heterocycles. The van der Waals surface area contributed by atoms with Gasteiger partial charge in [-0.25, -0.2) is 0 Å². The summed E-state index contributed by atoms with van der Waals surface area (Å²) in [6, 6.07) is 5.53. The Morgan fingerprint density at radius 2 is 1.60 bits per heavy atom. The molecule has 3 aliphatic rings. The number of piperidine rings is 1. The molecule has 1 atom stereocenters. The van der Waals surface area contributed by atoms with E-state index in [2.05, 4.69) is 26.5 Å². The van der Waals surface area contributed by atoms with E-state index in [0.717, 1.165) is 66.2 Å². The van der Waals surface area contributed by atoms with E-state index in [0.29, 0.717) is 18.4 Å². The highest BCUT2D eigenvalue weighted by Gasteiger charge is 2.48. The molecule has 4 heterocycles. The molecular weight excluding hydrogens is 617 g/mol. The molecule has 5 rings (SSSR count). The lowest BCUT2D eigenvalue weighted by atomic mass is 10.0. The normalized spacial score (nSPS) is 17.5. The van der Waals surface area contributed by atoms with Gasteiger partial charge in [0, 0.05) is 56.6 Å². The number of Topliss-reactive ketones (excluding diaryl/α,β-unsaturated/α-hetero) is 1. The number of fused-ring (bicyclic) bond motifs is 1. The SMILES string of the molecule is CC.CC.CC(=O)CC1=NC(C)=C(C)C1.COC.O=C(c1cccc2c(CCCN3CCCCC3)ccnc12)N1CCC[C@@H]1C(F)(F)F. The zero-order chi connectivity index (χ0) is 36.3. The van der Waals surface area contributed by atoms with Gasteiger partial charge in [-0.3, -0.25) is 19.6 Å². The van der Waals surface area contributed by atoms with Gasteiger partial charge in [0.2, 0.25) is 0 Å². The lowest BCUT2D eigenvalue weighted by Crippen LogP contribution is -2.44. The van der Waals surface area contributed by atoms with Gasteiger partial charge >= 0.3 is 6.18 Å². The lowest BCUT2D eigenvalue weighted by molar-refractivity contribution is -0.169. The summed E-state index contributed by atoms with van der Waals surface area (Å²) in [5.41, 5.74) is 5.27. The van der Waals surface area contributed by atoms with Crippen molar-refractivity contribution in [3.8, 4) is 0 Å². The van der Waals surface area contributed by atoms with Gasteiger partial charge in [0.25, 0.3) is 5.91 Å². The summed E-state index contributed by atoms with van der Waals surface area (Å²) in [6.07, 6.45) is 4.74. The summed E-state index contributed by atoms with van der Waals surface area (Å²) < 4.78 is 44.3. The molecule has 1 aromatic heterocycles. The van der Waals surface area contributed by atoms with Crippen molar-refractivity contribution in [1.29, 1.82) is 0 Å². The highest BCUT2D eigenvalue weighted by Crippen LogP contribution is 2.34. The van der Waals surface area contributed by atoms with Crippen LogP contribution >= 0.6 is 0 Å². The lowest BCUT2D eigenvalue weighted by Gasteiger charge is -2.27. The smallest absolute Gasteiger partial charge is 0.388 e. The number of allylic oxidation sites excluding steroid dienone is 2. The molecular formula is C38H59F3N4O3. The first kappa shape index (κ1) is 42.9. The Morgan fingerprint density at radius 1 is 0.958 bits per heavy atom. The summed E-state index contributed by atoms with van der Waals surface area (Å²) in [5.74, 6) is -0.371. The van der Waals surface area contributed by atoms with Gasteiger partial charge in [0.05, 0.1) is 11.1 Å². The number of carbonyl (C=O) groups is 2. The Balaban J connectivity index is 0.000000532. The van der Waals surface area contributed by atoms with Crippen LogP contribution in [0.25, 0.3) is 10.9 Å². The van der Waals surface area contributed by atoms with Gasteiger partial charge in [-0.1, -0.05) is 46.2 Å². The number of hydrogen-bond donors (Lipinski definition) is 0. The second-order valence-electron chi connectivity index (χ2n) is 11.9. The van der Waals surface area contributed by atoms with E-state index in [1.165, 1.54) is 24.8 Å². The Hall–Kier alpha value is -3.11. The van der Waals surface area contributed by atoms with Crippen molar-refractivity contribution >= 4 is 28.3 Å². The van der Waals surface area contributed by atoms with E-state index in [9.17, 15) is 22.8 Å². The first-order valence-electron chi connectivity index (χ1n) is 17.5. The van der Waals surface area contributed by atoms with Crippen molar-refractivity contribution in [2.24, 2.45) is 4.99 Å². The van der Waals surface area contributed by atoms with Crippen LogP contribution in [0.2, 0.25) is 0 Å². The van der Waals surface area contributed by atoms with Crippen molar-refractivity contribution in [1.82, 2.24) is 14.8 Å². The van der Waals surface area contributed by atoms with Gasteiger partial charge in [0.15, 0.2) is 0 Å². The molecule has 0 N–H and O–H groups in total. The summed E-state index contributed by atoms with van der Waals surface area (Å²) in [7, 11) is 3.25. The number of para-hydroxylation sites is 1. The largest absolute Gasteiger partial charge is 0.408 e. The van der Waals surface area contributed by atoms with E-state index >= 15 is 0 Å². The molecule has 7 nitrogen and oxygen atoms in total. The fraction of sp³-hybridized carbons (Fsp3) is 0.632. The van der Waals surface area contributed by atoms with Crippen LogP contribution in [-0.2, 0) is 16.0 Å². The molecule has 0 saturated carbocycles. The van der Waals surface area contributed by atoms with Crippen LogP contribution in [0.5, 0.6) is 0 Å². The number of aryl methyl sites for hydroxylation is 1. The molecule has 0 aliphatic carbocycles. The fourth-order valence-electron chi connectivity index (χ4n) is 6.00. The number of alkyl halides is 3. The Morgan fingerprint density at radius 3 is 2.17 bits per heavy atom. The third kappa shape index (κ3) is 13.4. The van der Waals surface area contributed by atoms with Crippen molar-refractivity contribution in [2.75, 3.05) is 40.4 Å². The van der Waals surface area contributed by atoms with Crippen molar-refractivity contribution in [3.63, 3.8) is 0 Å². The number of nitrogens with zero attached hydrogens (tertiary/aromatic N) is 4. The minimum atomic E-state index is -4.40. The molecule has 48 heavy (non-hydrogen) atoms. The maximum Gasteiger partial charge on any atom is 0.408 e. The Labute approximate surface area is 287 Å². The molecule has 1 aromatic carbocycles. The van der Waals surface area contributed by atoms with E-state index < -0.39 is 18.1 Å². The second-order valence-corrected chi connectivity index (χ2v) is 11.9. The number of amides is 1. The average molecular weight is 677 g/mol. The van der Waals surface area contributed by atoms with Gasteiger partial charge in [0.1, 0.15) is 11.8 Å². The summed E-state index contributed by atoms with van der Waals surface area (Å²) in [6.45, 7) is 17.1. The molecule has 1 amide bonds. The number of carbonyl (C=O) groups excluding carboxylic acids is 2. The average Bonchev–Trinajstić information content (AvgIpc) is 3.70. The molecule has 0 spiro atoms. The van der Waals surface area contributed by atoms with E-state index in [-0.39, 0.29) is 24.3 Å². The van der Waals surface area contributed by atoms with Crippen molar-refractivity contribution in [3.05, 3.63) is 52.9 Å². The number of likely N-dealkylation sites (tertiary alicyclic amines) is 2. The Kier molecular flexibility index (Phi) is 20.1. The third-order valence-electron chi connectivity index (χ3n) is 8.22. The fourth-order valence-corrected chi connectivity index (χ4v) is 6.00. The first-order chi connectivity index (χ1) is 23.0. The van der Waals surface area contributed by atoms with Crippen LogP contribution in [-0.4, -0.2) is 84.8 Å². The predicted octanol–water partition coefficient (Wildman–Crippen LogP) is 9.24. The quantitative estimate of drug-likeness (QED) is 0.292. The van der Waals surface area contributed by atoms with Crippen LogP contribution in [0.3, 0.4) is 0 Å². The monoisotopic (exact) mass is 676 g/mol. The number of halogens is 3. The van der Waals surface area contributed by atoms with E-state index in [1.54, 1.807) is 39.5 Å². The number of methoxy groups -OCH3 is 1. The second kappa shape index (κ2) is 22.5. The van der Waals surface area contributed by atoms with Crippen LogP contribution in [0.4, 0.5) is 13.2 Å². The number of aromatic nitrogens is 1. The minimum absolute atomic E-state index is 0.0326. The van der Waals surface area contributed by atoms with Crippen LogP contribution in [0.15, 0.2) is 46.7 Å². The molecule has 2 aromatic rings. The highest BCUT2D eigenvalue weighted by molar-refractivity contribution is 6.06. The number of aliphatic imine (C=N–C) groups is 1. The highest BCUT2D eigenvalue weighted by atomic mass is 19.4. The zero-order valence-corrected chi connectivity index (χ0v) is 30.8. The van der Waals surface area contributed by atoms with Gasteiger partial charge in [-0.05, 0) is 102 Å². The van der Waals surface area contributed by atoms with E-state index in [1.807, 2.05) is 46.8 Å². The number of hydrogen-bond acceptors (Lipinski definition) is 6. The molecule has 10 heteroatoms. The first-order valence-corrected chi connectivity index (χ1v) is 17.5. The molecule has 270 valence electrons. The van der Waals surface area contributed by atoms with Crippen LogP contribution in [0, 0.1) is 0 Å². The van der Waals surface area contributed by atoms with E-state index in [4.69, 9.17) is 0 Å². The topological polar surface area (TPSA) is 75.1 Å². The molecule has 3 aliphatic heterocycles. The number of rotatable bonds is 7. The van der Waals surface area contributed by atoms with Crippen molar-refractivity contribution < 1.29 is 27.5 Å². The number of ether oxygens (including phenoxy) is 1. The number of pyridine rings is 1. The van der Waals surface area contributed by atoms with Gasteiger partial charge < -0.3 is 14.5 Å². The van der Waals surface area contributed by atoms with Gasteiger partial charge in [-0.2, -0.15) is 13.2 Å². The minimum Gasteiger partial charge on any atom is -0.388 e. The Bertz CT molecular complexity index is 1330. The summed E-state index contributed by atoms with van der Waals surface area (Å²) in [4.78, 5) is 35.9. The van der Waals surface area contributed by atoms with Gasteiger partial charge in [-0.15, -0.1) is 0 Å². The summed E-state index contributed by atoms with van der Waals surface area (Å²) in [5, 5.41) is 0.866. The number of ketones is 1. The predicted molar refractivity (Wildman–Crippen MR) is 192 cm³/mol.